The van der Waals surface area contributed by atoms with Crippen LogP contribution in [0.25, 0.3) is 0 Å². The summed E-state index contributed by atoms with van der Waals surface area (Å²) in [4.78, 5) is 54.9. The number of benzene rings is 3. The van der Waals surface area contributed by atoms with Crippen LogP contribution in [0.2, 0.25) is 5.02 Å². The molecule has 2 aliphatic rings. The first-order chi connectivity index (χ1) is 18.8. The Balaban J connectivity index is 1.39. The number of carbonyl (C=O) groups is 3. The quantitative estimate of drug-likeness (QED) is 0.331. The van der Waals surface area contributed by atoms with Crippen LogP contribution in [0.5, 0.6) is 0 Å². The summed E-state index contributed by atoms with van der Waals surface area (Å²) < 4.78 is 14.9. The molecule has 2 aliphatic heterocycles. The van der Waals surface area contributed by atoms with Crippen molar-refractivity contribution in [3.63, 3.8) is 0 Å². The average Bonchev–Trinajstić information content (AvgIpc) is 3.37. The number of thioether (sulfide) groups is 1. The molecule has 0 bridgehead atoms. The van der Waals surface area contributed by atoms with Gasteiger partial charge in [-0.2, -0.15) is 0 Å². The molecule has 0 radical (unpaired) electrons. The minimum atomic E-state index is -0.820. The molecule has 3 amide bonds. The summed E-state index contributed by atoms with van der Waals surface area (Å²) >= 11 is 8.02. The highest BCUT2D eigenvalue weighted by molar-refractivity contribution is 8.00. The number of nitrogens with zero attached hydrogens (tertiary/aromatic N) is 2. The standard InChI is InChI=1S/C28H19ClFN3O4S2/c29-16-6-10-18(11-7-16)31-20(34)14-32-27-24(39-28(32)37)21(15-4-2-1-3-5-15)22-23(38-27)26(36)33(25(22)35)19-12-8-17(30)9-13-19/h1-13,21-23H,14H2,(H,31,34)/t21-,22?,23?/m1/s1. The van der Waals surface area contributed by atoms with Gasteiger partial charge in [-0.3, -0.25) is 23.7 Å². The number of amides is 3. The third-order valence-corrected chi connectivity index (χ3v) is 9.58. The fourth-order valence-corrected chi connectivity index (χ4v) is 7.90. The Bertz CT molecular complexity index is 1660. The van der Waals surface area contributed by atoms with Crippen molar-refractivity contribution in [3.8, 4) is 0 Å². The number of nitrogens with one attached hydrogen (secondary N) is 1. The van der Waals surface area contributed by atoms with E-state index >= 15 is 0 Å². The van der Waals surface area contributed by atoms with Crippen molar-refractivity contribution in [1.29, 1.82) is 0 Å². The van der Waals surface area contributed by atoms with Crippen LogP contribution in [-0.2, 0) is 20.9 Å². The predicted molar refractivity (Wildman–Crippen MR) is 149 cm³/mol. The topological polar surface area (TPSA) is 88.5 Å². The van der Waals surface area contributed by atoms with Gasteiger partial charge < -0.3 is 5.32 Å². The average molecular weight is 580 g/mol. The van der Waals surface area contributed by atoms with Crippen molar-refractivity contribution in [2.24, 2.45) is 5.92 Å². The third kappa shape index (κ3) is 4.58. The molecule has 196 valence electrons. The molecule has 1 fully saturated rings. The maximum absolute atomic E-state index is 13.8. The largest absolute Gasteiger partial charge is 0.325 e. The molecule has 6 rings (SSSR count). The molecular weight excluding hydrogens is 561 g/mol. The lowest BCUT2D eigenvalue weighted by Gasteiger charge is -2.30. The Morgan fingerprint density at radius 3 is 2.31 bits per heavy atom. The number of thiazole rings is 1. The second-order valence-corrected chi connectivity index (χ2v) is 11.7. The first-order valence-corrected chi connectivity index (χ1v) is 14.0. The lowest BCUT2D eigenvalue weighted by molar-refractivity contribution is -0.122. The van der Waals surface area contributed by atoms with E-state index in [9.17, 15) is 23.6 Å². The Hall–Kier alpha value is -3.73. The van der Waals surface area contributed by atoms with Crippen molar-refractivity contribution < 1.29 is 18.8 Å². The van der Waals surface area contributed by atoms with Crippen molar-refractivity contribution in [3.05, 3.63) is 110 Å². The molecule has 1 aromatic heterocycles. The molecule has 3 atom stereocenters. The Kier molecular flexibility index (Phi) is 6.62. The minimum absolute atomic E-state index is 0.261. The molecular formula is C28H19ClFN3O4S2. The fraction of sp³-hybridized carbons (Fsp3) is 0.143. The summed E-state index contributed by atoms with van der Waals surface area (Å²) in [6.07, 6.45) is 0. The molecule has 11 heteroatoms. The zero-order valence-electron chi connectivity index (χ0n) is 20.0. The van der Waals surface area contributed by atoms with E-state index < -0.39 is 40.6 Å². The smallest absolute Gasteiger partial charge is 0.308 e. The van der Waals surface area contributed by atoms with E-state index in [4.69, 9.17) is 11.6 Å². The number of anilines is 2. The highest BCUT2D eigenvalue weighted by Gasteiger charge is 2.56. The van der Waals surface area contributed by atoms with Crippen molar-refractivity contribution in [1.82, 2.24) is 4.57 Å². The minimum Gasteiger partial charge on any atom is -0.325 e. The zero-order chi connectivity index (χ0) is 27.3. The number of rotatable bonds is 5. The van der Waals surface area contributed by atoms with Crippen molar-refractivity contribution in [2.45, 2.75) is 22.7 Å². The monoisotopic (exact) mass is 579 g/mol. The fourth-order valence-electron chi connectivity index (χ4n) is 5.00. The molecule has 1 saturated heterocycles. The van der Waals surface area contributed by atoms with Gasteiger partial charge in [0.05, 0.1) is 16.6 Å². The van der Waals surface area contributed by atoms with Gasteiger partial charge in [0.1, 0.15) is 17.6 Å². The Morgan fingerprint density at radius 1 is 0.923 bits per heavy atom. The molecule has 2 unspecified atom stereocenters. The summed E-state index contributed by atoms with van der Waals surface area (Å²) in [6, 6.07) is 21.1. The number of fused-ring (bicyclic) bond motifs is 2. The first-order valence-electron chi connectivity index (χ1n) is 12.0. The zero-order valence-corrected chi connectivity index (χ0v) is 22.4. The summed E-state index contributed by atoms with van der Waals surface area (Å²) in [5, 5.41) is 2.96. The molecule has 1 N–H and O–H groups in total. The van der Waals surface area contributed by atoms with Gasteiger partial charge in [0.25, 0.3) is 0 Å². The van der Waals surface area contributed by atoms with Crippen molar-refractivity contribution >= 4 is 63.8 Å². The van der Waals surface area contributed by atoms with Crippen LogP contribution >= 0.6 is 34.7 Å². The van der Waals surface area contributed by atoms with E-state index in [1.807, 2.05) is 30.3 Å². The van der Waals surface area contributed by atoms with Crippen LogP contribution in [0, 0.1) is 11.7 Å². The number of aromatic nitrogens is 1. The molecule has 3 heterocycles. The van der Waals surface area contributed by atoms with Gasteiger partial charge in [-0.1, -0.05) is 65.0 Å². The second kappa shape index (κ2) is 10.1. The normalized spacial score (nSPS) is 20.1. The number of hydrogen-bond donors (Lipinski definition) is 1. The Labute approximate surface area is 235 Å². The molecule has 7 nitrogen and oxygen atoms in total. The SMILES string of the molecule is O=C(Cn1c2c(sc1=O)[C@H](c1ccccc1)C1C(=O)N(c3ccc(F)cc3)C(=O)C1S2)Nc1ccc(Cl)cc1. The van der Waals surface area contributed by atoms with Crippen LogP contribution in [0.3, 0.4) is 0 Å². The number of carbonyl (C=O) groups excluding carboxylic acids is 3. The van der Waals surface area contributed by atoms with Crippen LogP contribution in [0.4, 0.5) is 15.8 Å². The number of hydrogen-bond acceptors (Lipinski definition) is 6. The van der Waals surface area contributed by atoms with E-state index in [0.29, 0.717) is 20.6 Å². The van der Waals surface area contributed by atoms with Gasteiger partial charge in [-0.15, -0.1) is 0 Å². The number of halogens is 2. The molecule has 3 aromatic carbocycles. The summed E-state index contributed by atoms with van der Waals surface area (Å²) in [7, 11) is 0. The van der Waals surface area contributed by atoms with Gasteiger partial charge >= 0.3 is 4.87 Å². The molecule has 4 aromatic rings. The van der Waals surface area contributed by atoms with Crippen LogP contribution < -0.4 is 15.1 Å². The van der Waals surface area contributed by atoms with E-state index in [2.05, 4.69) is 5.32 Å². The second-order valence-electron chi connectivity index (χ2n) is 9.12. The van der Waals surface area contributed by atoms with E-state index in [0.717, 1.165) is 33.6 Å². The molecule has 0 spiro atoms. The summed E-state index contributed by atoms with van der Waals surface area (Å²) in [5.74, 6) is -3.07. The third-order valence-electron chi connectivity index (χ3n) is 6.72. The van der Waals surface area contributed by atoms with Crippen LogP contribution in [0.15, 0.2) is 88.7 Å². The first kappa shape index (κ1) is 25.5. The van der Waals surface area contributed by atoms with Gasteiger partial charge in [-0.25, -0.2) is 9.29 Å². The molecule has 39 heavy (non-hydrogen) atoms. The predicted octanol–water partition coefficient (Wildman–Crippen LogP) is 5.14. The lowest BCUT2D eigenvalue weighted by Crippen LogP contribution is -2.33. The van der Waals surface area contributed by atoms with Gasteiger partial charge in [0.15, 0.2) is 0 Å². The maximum Gasteiger partial charge on any atom is 0.308 e. The van der Waals surface area contributed by atoms with Gasteiger partial charge in [0, 0.05) is 21.5 Å². The lowest BCUT2D eigenvalue weighted by atomic mass is 9.83. The Morgan fingerprint density at radius 2 is 1.62 bits per heavy atom. The van der Waals surface area contributed by atoms with Gasteiger partial charge in [-0.05, 0) is 54.1 Å². The van der Waals surface area contributed by atoms with Gasteiger partial charge in [0.2, 0.25) is 17.7 Å². The van der Waals surface area contributed by atoms with Crippen molar-refractivity contribution in [2.75, 3.05) is 10.2 Å². The molecule has 0 aliphatic carbocycles. The summed E-state index contributed by atoms with van der Waals surface area (Å²) in [6.45, 7) is -0.261. The van der Waals surface area contributed by atoms with E-state index in [-0.39, 0.29) is 17.1 Å². The maximum atomic E-state index is 13.8. The van der Waals surface area contributed by atoms with Crippen LogP contribution in [0.1, 0.15) is 16.4 Å². The number of imide groups is 1. The van der Waals surface area contributed by atoms with E-state index in [1.54, 1.807) is 24.3 Å². The highest BCUT2D eigenvalue weighted by atomic mass is 35.5. The van der Waals surface area contributed by atoms with E-state index in [1.165, 1.54) is 28.8 Å². The summed E-state index contributed by atoms with van der Waals surface area (Å²) in [5.41, 5.74) is 1.61. The molecule has 0 saturated carbocycles. The van der Waals surface area contributed by atoms with Crippen LogP contribution in [-0.4, -0.2) is 27.5 Å². The highest BCUT2D eigenvalue weighted by Crippen LogP contribution is 2.53.